The first kappa shape index (κ1) is 19.9. The standard InChI is InChI=1S/C20H17ClN2O4S/c1-11-16(19(26)27-2)17(12-3-5-13(6-4-12)18(24)25)22-20(28)23(11)15-9-7-14(21)8-10-15/h3-10,17H,1-2H3,(H,22,28)(H,24,25)/t17-/m1/s1. The van der Waals surface area contributed by atoms with E-state index in [9.17, 15) is 9.59 Å². The summed E-state index contributed by atoms with van der Waals surface area (Å²) < 4.78 is 4.99. The number of carboxylic acid groups (broad SMARTS) is 1. The maximum atomic E-state index is 12.6. The lowest BCUT2D eigenvalue weighted by Gasteiger charge is -2.37. The summed E-state index contributed by atoms with van der Waals surface area (Å²) in [6.07, 6.45) is 0. The second-order valence-corrected chi connectivity index (χ2v) is 6.94. The molecule has 0 fully saturated rings. The first-order valence-corrected chi connectivity index (χ1v) is 9.10. The van der Waals surface area contributed by atoms with Crippen LogP contribution in [0.2, 0.25) is 5.02 Å². The van der Waals surface area contributed by atoms with E-state index in [4.69, 9.17) is 33.7 Å². The van der Waals surface area contributed by atoms with Gasteiger partial charge in [0.1, 0.15) is 0 Å². The summed E-state index contributed by atoms with van der Waals surface area (Å²) in [6, 6.07) is 12.8. The maximum Gasteiger partial charge on any atom is 0.337 e. The molecule has 1 atom stereocenters. The number of esters is 1. The average molecular weight is 417 g/mol. The molecule has 0 aromatic heterocycles. The van der Waals surface area contributed by atoms with Crippen molar-refractivity contribution >= 4 is 46.6 Å². The molecule has 2 N–H and O–H groups in total. The Labute approximate surface area is 172 Å². The van der Waals surface area contributed by atoms with E-state index >= 15 is 0 Å². The van der Waals surface area contributed by atoms with Gasteiger partial charge >= 0.3 is 11.9 Å². The minimum atomic E-state index is -1.02. The Kier molecular flexibility index (Phi) is 5.67. The number of aromatic carboxylic acids is 1. The van der Waals surface area contributed by atoms with Crippen LogP contribution >= 0.6 is 23.8 Å². The molecule has 0 saturated heterocycles. The van der Waals surface area contributed by atoms with E-state index in [-0.39, 0.29) is 5.56 Å². The molecular formula is C20H17ClN2O4S. The van der Waals surface area contributed by atoms with E-state index in [2.05, 4.69) is 5.32 Å². The van der Waals surface area contributed by atoms with E-state index < -0.39 is 18.0 Å². The second-order valence-electron chi connectivity index (χ2n) is 6.11. The summed E-state index contributed by atoms with van der Waals surface area (Å²) in [6.45, 7) is 1.78. The van der Waals surface area contributed by atoms with E-state index in [0.29, 0.717) is 27.0 Å². The van der Waals surface area contributed by atoms with Crippen LogP contribution in [0.3, 0.4) is 0 Å². The quantitative estimate of drug-likeness (QED) is 0.577. The van der Waals surface area contributed by atoms with Crippen LogP contribution in [0.15, 0.2) is 59.8 Å². The summed E-state index contributed by atoms with van der Waals surface area (Å²) in [4.78, 5) is 25.4. The normalized spacial score (nSPS) is 16.6. The van der Waals surface area contributed by atoms with Gasteiger partial charge in [-0.25, -0.2) is 9.59 Å². The Balaban J connectivity index is 2.09. The molecule has 1 aliphatic rings. The molecule has 6 nitrogen and oxygen atoms in total. The predicted octanol–water partition coefficient (Wildman–Crippen LogP) is 3.92. The fraction of sp³-hybridized carbons (Fsp3) is 0.150. The lowest BCUT2D eigenvalue weighted by molar-refractivity contribution is -0.136. The third-order valence-electron chi connectivity index (χ3n) is 4.47. The molecule has 0 radical (unpaired) electrons. The molecule has 0 aliphatic carbocycles. The lowest BCUT2D eigenvalue weighted by Crippen LogP contribution is -2.48. The Morgan fingerprint density at radius 1 is 1.14 bits per heavy atom. The third kappa shape index (κ3) is 3.72. The minimum Gasteiger partial charge on any atom is -0.478 e. The molecular weight excluding hydrogens is 400 g/mol. The zero-order chi connectivity index (χ0) is 20.4. The monoisotopic (exact) mass is 416 g/mol. The molecule has 3 rings (SSSR count). The van der Waals surface area contributed by atoms with Crippen molar-refractivity contribution in [3.8, 4) is 0 Å². The van der Waals surface area contributed by atoms with Crippen molar-refractivity contribution in [2.75, 3.05) is 12.0 Å². The van der Waals surface area contributed by atoms with Crippen LogP contribution in [-0.2, 0) is 9.53 Å². The predicted molar refractivity (Wildman–Crippen MR) is 111 cm³/mol. The Morgan fingerprint density at radius 3 is 2.29 bits per heavy atom. The van der Waals surface area contributed by atoms with E-state index in [1.807, 2.05) is 0 Å². The van der Waals surface area contributed by atoms with Crippen molar-refractivity contribution in [3.05, 3.63) is 76.0 Å². The summed E-state index contributed by atoms with van der Waals surface area (Å²) in [5.41, 5.74) is 2.60. The van der Waals surface area contributed by atoms with E-state index in [1.165, 1.54) is 19.2 Å². The number of hydrogen-bond donors (Lipinski definition) is 2. The van der Waals surface area contributed by atoms with Crippen LogP contribution in [0.4, 0.5) is 5.69 Å². The molecule has 1 aliphatic heterocycles. The zero-order valence-electron chi connectivity index (χ0n) is 15.1. The SMILES string of the molecule is COC(=O)C1=C(C)N(c2ccc(Cl)cc2)C(=S)N[C@@H]1c1ccc(C(=O)O)cc1. The molecule has 28 heavy (non-hydrogen) atoms. The molecule has 0 spiro atoms. The van der Waals surface area contributed by atoms with Gasteiger partial charge in [-0.3, -0.25) is 4.90 Å². The second kappa shape index (κ2) is 8.00. The average Bonchev–Trinajstić information content (AvgIpc) is 2.68. The number of anilines is 1. The summed E-state index contributed by atoms with van der Waals surface area (Å²) in [7, 11) is 1.31. The van der Waals surface area contributed by atoms with Gasteiger partial charge < -0.3 is 15.2 Å². The van der Waals surface area contributed by atoms with Gasteiger partial charge in [0, 0.05) is 16.4 Å². The zero-order valence-corrected chi connectivity index (χ0v) is 16.7. The lowest BCUT2D eigenvalue weighted by atomic mass is 9.94. The van der Waals surface area contributed by atoms with Gasteiger partial charge in [0.25, 0.3) is 0 Å². The highest BCUT2D eigenvalue weighted by molar-refractivity contribution is 7.80. The van der Waals surface area contributed by atoms with Crippen LogP contribution < -0.4 is 10.2 Å². The van der Waals surface area contributed by atoms with Crippen LogP contribution in [0.1, 0.15) is 28.9 Å². The van der Waals surface area contributed by atoms with Gasteiger partial charge in [-0.15, -0.1) is 0 Å². The number of carbonyl (C=O) groups excluding carboxylic acids is 1. The molecule has 0 saturated carbocycles. The smallest absolute Gasteiger partial charge is 0.337 e. The van der Waals surface area contributed by atoms with Crippen molar-refractivity contribution in [1.29, 1.82) is 0 Å². The van der Waals surface area contributed by atoms with Crippen molar-refractivity contribution in [1.82, 2.24) is 5.32 Å². The number of halogens is 1. The molecule has 144 valence electrons. The van der Waals surface area contributed by atoms with Gasteiger partial charge in [-0.2, -0.15) is 0 Å². The number of benzene rings is 2. The maximum absolute atomic E-state index is 12.6. The molecule has 8 heteroatoms. The van der Waals surface area contributed by atoms with Crippen molar-refractivity contribution < 1.29 is 19.4 Å². The van der Waals surface area contributed by atoms with Crippen molar-refractivity contribution in [2.45, 2.75) is 13.0 Å². The number of rotatable bonds is 4. The molecule has 1 heterocycles. The number of carboxylic acids is 1. The highest BCUT2D eigenvalue weighted by atomic mass is 35.5. The van der Waals surface area contributed by atoms with Crippen molar-refractivity contribution in [3.63, 3.8) is 0 Å². The molecule has 2 aromatic rings. The number of methoxy groups -OCH3 is 1. The summed E-state index contributed by atoms with van der Waals surface area (Å²) in [5.74, 6) is -1.52. The van der Waals surface area contributed by atoms with Gasteiger partial charge in [0.2, 0.25) is 0 Å². The minimum absolute atomic E-state index is 0.158. The van der Waals surface area contributed by atoms with Gasteiger partial charge in [-0.05, 0) is 61.1 Å². The number of hydrogen-bond acceptors (Lipinski definition) is 4. The number of nitrogens with zero attached hydrogens (tertiary/aromatic N) is 1. The largest absolute Gasteiger partial charge is 0.478 e. The molecule has 2 aromatic carbocycles. The highest BCUT2D eigenvalue weighted by Gasteiger charge is 2.35. The number of carbonyl (C=O) groups is 2. The van der Waals surface area contributed by atoms with Gasteiger partial charge in [0.05, 0.1) is 24.3 Å². The van der Waals surface area contributed by atoms with Crippen LogP contribution in [0, 0.1) is 0 Å². The van der Waals surface area contributed by atoms with Crippen molar-refractivity contribution in [2.24, 2.45) is 0 Å². The van der Waals surface area contributed by atoms with Gasteiger partial charge in [-0.1, -0.05) is 23.7 Å². The first-order valence-electron chi connectivity index (χ1n) is 8.32. The number of allylic oxidation sites excluding steroid dienone is 1. The topological polar surface area (TPSA) is 78.9 Å². The fourth-order valence-electron chi connectivity index (χ4n) is 3.09. The summed E-state index contributed by atoms with van der Waals surface area (Å²) in [5, 5.41) is 13.2. The molecule has 0 unspecified atom stereocenters. The van der Waals surface area contributed by atoms with E-state index in [0.717, 1.165) is 5.69 Å². The Morgan fingerprint density at radius 2 is 1.75 bits per heavy atom. The molecule has 0 bridgehead atoms. The first-order chi connectivity index (χ1) is 13.3. The number of ether oxygens (including phenoxy) is 1. The van der Waals surface area contributed by atoms with Gasteiger partial charge in [0.15, 0.2) is 5.11 Å². The molecule has 0 amide bonds. The fourth-order valence-corrected chi connectivity index (χ4v) is 3.57. The third-order valence-corrected chi connectivity index (χ3v) is 5.02. The van der Waals surface area contributed by atoms with Crippen LogP contribution in [-0.4, -0.2) is 29.3 Å². The number of nitrogens with one attached hydrogen (secondary N) is 1. The Bertz CT molecular complexity index is 971. The van der Waals surface area contributed by atoms with Crippen LogP contribution in [0.25, 0.3) is 0 Å². The highest BCUT2D eigenvalue weighted by Crippen LogP contribution is 2.34. The Hall–Kier alpha value is -2.90. The van der Waals surface area contributed by atoms with E-state index in [1.54, 1.807) is 48.2 Å². The van der Waals surface area contributed by atoms with Crippen LogP contribution in [0.5, 0.6) is 0 Å². The summed E-state index contributed by atoms with van der Waals surface area (Å²) >= 11 is 11.5. The number of thiocarbonyl (C=S) groups is 1.